The molecule has 0 atom stereocenters. The second-order valence-corrected chi connectivity index (χ2v) is 7.87. The molecule has 0 spiro atoms. The summed E-state index contributed by atoms with van der Waals surface area (Å²) in [4.78, 5) is 37.3. The molecule has 2 heterocycles. The van der Waals surface area contributed by atoms with Crippen molar-refractivity contribution >= 4 is 45.7 Å². The van der Waals surface area contributed by atoms with E-state index in [4.69, 9.17) is 5.73 Å². The molecule has 12 heteroatoms. The number of non-ortho nitro benzene ring substituents is 1. The second-order valence-electron chi connectivity index (χ2n) is 5.69. The Morgan fingerprint density at radius 3 is 2.44 bits per heavy atom. The number of thioether (sulfide) groups is 1. The van der Waals surface area contributed by atoms with E-state index < -0.39 is 10.8 Å². The lowest BCUT2D eigenvalue weighted by Crippen LogP contribution is -2.48. The van der Waals surface area contributed by atoms with Crippen molar-refractivity contribution in [1.29, 1.82) is 0 Å². The Labute approximate surface area is 162 Å². The van der Waals surface area contributed by atoms with Gasteiger partial charge in [0.1, 0.15) is 0 Å². The molecular weight excluding hydrogens is 392 g/mol. The van der Waals surface area contributed by atoms with Crippen LogP contribution in [0.1, 0.15) is 10.4 Å². The summed E-state index contributed by atoms with van der Waals surface area (Å²) in [6, 6.07) is 5.60. The molecule has 10 nitrogen and oxygen atoms in total. The first-order valence-electron chi connectivity index (χ1n) is 7.97. The van der Waals surface area contributed by atoms with Crippen LogP contribution in [-0.2, 0) is 4.79 Å². The van der Waals surface area contributed by atoms with Crippen LogP contribution in [0.5, 0.6) is 0 Å². The number of carbonyl (C=O) groups is 2. The van der Waals surface area contributed by atoms with Crippen LogP contribution >= 0.6 is 23.1 Å². The van der Waals surface area contributed by atoms with Gasteiger partial charge in [-0.2, -0.15) is 0 Å². The quantitative estimate of drug-likeness (QED) is 0.424. The maximum atomic E-state index is 12.5. The highest BCUT2D eigenvalue weighted by molar-refractivity contribution is 8.01. The molecule has 1 aromatic heterocycles. The van der Waals surface area contributed by atoms with Gasteiger partial charge in [-0.15, -0.1) is 10.2 Å². The van der Waals surface area contributed by atoms with Crippen molar-refractivity contribution < 1.29 is 14.5 Å². The molecule has 0 saturated carbocycles. The van der Waals surface area contributed by atoms with Gasteiger partial charge in [-0.3, -0.25) is 19.7 Å². The fraction of sp³-hybridized carbons (Fsp3) is 0.333. The van der Waals surface area contributed by atoms with Crippen molar-refractivity contribution in [3.63, 3.8) is 0 Å². The molecule has 0 bridgehead atoms. The number of carbonyl (C=O) groups excluding carboxylic acids is 2. The van der Waals surface area contributed by atoms with Gasteiger partial charge < -0.3 is 15.5 Å². The monoisotopic (exact) mass is 408 g/mol. The van der Waals surface area contributed by atoms with E-state index in [-0.39, 0.29) is 17.3 Å². The maximum absolute atomic E-state index is 12.5. The highest BCUT2D eigenvalue weighted by Gasteiger charge is 2.24. The predicted molar refractivity (Wildman–Crippen MR) is 101 cm³/mol. The van der Waals surface area contributed by atoms with E-state index in [9.17, 15) is 19.7 Å². The number of anilines is 1. The third-order valence-electron chi connectivity index (χ3n) is 3.90. The molecule has 142 valence electrons. The molecule has 0 aliphatic carbocycles. The van der Waals surface area contributed by atoms with E-state index in [1.807, 2.05) is 4.90 Å². The zero-order valence-corrected chi connectivity index (χ0v) is 15.7. The number of nitrogens with zero attached hydrogens (tertiary/aromatic N) is 5. The molecule has 0 unspecified atom stereocenters. The Morgan fingerprint density at radius 2 is 1.85 bits per heavy atom. The zero-order chi connectivity index (χ0) is 19.4. The van der Waals surface area contributed by atoms with Gasteiger partial charge in [-0.1, -0.05) is 23.1 Å². The number of piperazine rings is 1. The number of benzene rings is 1. The lowest BCUT2D eigenvalue weighted by molar-refractivity contribution is -0.384. The summed E-state index contributed by atoms with van der Waals surface area (Å²) in [6.45, 7) is 2.24. The number of nitro benzene ring substituents is 1. The highest BCUT2D eigenvalue weighted by Crippen LogP contribution is 2.28. The van der Waals surface area contributed by atoms with Gasteiger partial charge in [0.25, 0.3) is 11.6 Å². The molecule has 2 amide bonds. The molecule has 3 rings (SSSR count). The first kappa shape index (κ1) is 19.0. The minimum atomic E-state index is -0.495. The van der Waals surface area contributed by atoms with Gasteiger partial charge in [0.15, 0.2) is 4.34 Å². The second kappa shape index (κ2) is 8.31. The van der Waals surface area contributed by atoms with Crippen LogP contribution < -0.4 is 10.6 Å². The summed E-state index contributed by atoms with van der Waals surface area (Å²) in [6.07, 6.45) is 0. The summed E-state index contributed by atoms with van der Waals surface area (Å²) in [5, 5.41) is 19.6. The molecule has 1 aromatic carbocycles. The molecule has 2 aromatic rings. The normalized spacial score (nSPS) is 14.2. The lowest BCUT2D eigenvalue weighted by Gasteiger charge is -2.34. The lowest BCUT2D eigenvalue weighted by atomic mass is 10.1. The minimum Gasteiger partial charge on any atom is -0.369 e. The first-order valence-corrected chi connectivity index (χ1v) is 9.77. The van der Waals surface area contributed by atoms with E-state index in [1.54, 1.807) is 4.90 Å². The topological polar surface area (TPSA) is 136 Å². The Kier molecular flexibility index (Phi) is 5.86. The number of aromatic nitrogens is 2. The Hall–Kier alpha value is -2.73. The highest BCUT2D eigenvalue weighted by atomic mass is 32.2. The van der Waals surface area contributed by atoms with Gasteiger partial charge in [-0.05, 0) is 12.1 Å². The smallest absolute Gasteiger partial charge is 0.269 e. The fourth-order valence-electron chi connectivity index (χ4n) is 2.53. The zero-order valence-electron chi connectivity index (χ0n) is 14.1. The van der Waals surface area contributed by atoms with E-state index in [0.29, 0.717) is 36.1 Å². The number of nitro groups is 1. The molecule has 0 radical (unpaired) electrons. The van der Waals surface area contributed by atoms with Crippen LogP contribution in [0.3, 0.4) is 0 Å². The van der Waals surface area contributed by atoms with Gasteiger partial charge in [0.05, 0.1) is 10.7 Å². The van der Waals surface area contributed by atoms with Crippen LogP contribution in [-0.4, -0.2) is 63.8 Å². The van der Waals surface area contributed by atoms with Crippen molar-refractivity contribution in [3.05, 3.63) is 39.9 Å². The van der Waals surface area contributed by atoms with E-state index in [2.05, 4.69) is 10.2 Å². The van der Waals surface area contributed by atoms with Gasteiger partial charge in [0.2, 0.25) is 11.0 Å². The van der Waals surface area contributed by atoms with Crippen LogP contribution in [0.25, 0.3) is 0 Å². The summed E-state index contributed by atoms with van der Waals surface area (Å²) in [5.74, 6) is -0.402. The molecular formula is C15H16N6O4S2. The van der Waals surface area contributed by atoms with Gasteiger partial charge >= 0.3 is 0 Å². The number of amides is 2. The van der Waals surface area contributed by atoms with E-state index in [1.165, 1.54) is 47.4 Å². The number of rotatable bonds is 6. The Morgan fingerprint density at radius 1 is 1.19 bits per heavy atom. The maximum Gasteiger partial charge on any atom is 0.269 e. The number of primary amides is 1. The Bertz CT molecular complexity index is 848. The van der Waals surface area contributed by atoms with Gasteiger partial charge in [0, 0.05) is 43.9 Å². The van der Waals surface area contributed by atoms with Crippen LogP contribution in [0, 0.1) is 10.1 Å². The summed E-state index contributed by atoms with van der Waals surface area (Å²) in [7, 11) is 0. The van der Waals surface area contributed by atoms with Gasteiger partial charge in [-0.25, -0.2) is 0 Å². The molecule has 27 heavy (non-hydrogen) atoms. The van der Waals surface area contributed by atoms with E-state index >= 15 is 0 Å². The average molecular weight is 408 g/mol. The van der Waals surface area contributed by atoms with Crippen molar-refractivity contribution in [3.8, 4) is 0 Å². The van der Waals surface area contributed by atoms with Crippen LogP contribution in [0.15, 0.2) is 28.6 Å². The third kappa shape index (κ3) is 4.71. The van der Waals surface area contributed by atoms with Crippen LogP contribution in [0.2, 0.25) is 0 Å². The van der Waals surface area contributed by atoms with Crippen LogP contribution in [0.4, 0.5) is 10.8 Å². The summed E-state index contributed by atoms with van der Waals surface area (Å²) >= 11 is 2.63. The average Bonchev–Trinajstić information content (AvgIpc) is 3.15. The number of hydrogen-bond donors (Lipinski definition) is 1. The third-order valence-corrected chi connectivity index (χ3v) is 6.04. The summed E-state index contributed by atoms with van der Waals surface area (Å²) in [5.41, 5.74) is 5.50. The van der Waals surface area contributed by atoms with Crippen molar-refractivity contribution in [1.82, 2.24) is 15.1 Å². The fourth-order valence-corrected chi connectivity index (χ4v) is 4.16. The molecule has 2 N–H and O–H groups in total. The van der Waals surface area contributed by atoms with Crippen molar-refractivity contribution in [2.75, 3.05) is 36.8 Å². The van der Waals surface area contributed by atoms with Crippen molar-refractivity contribution in [2.45, 2.75) is 4.34 Å². The number of hydrogen-bond acceptors (Lipinski definition) is 9. The molecule has 1 saturated heterocycles. The largest absolute Gasteiger partial charge is 0.369 e. The molecule has 1 aliphatic heterocycles. The van der Waals surface area contributed by atoms with E-state index in [0.717, 1.165) is 5.13 Å². The molecule has 1 aliphatic rings. The SMILES string of the molecule is NC(=O)CSc1nnc(N2CCN(C(=O)c3ccc([N+](=O)[O-])cc3)CC2)s1. The molecule has 1 fully saturated rings. The standard InChI is InChI=1S/C15H16N6O4S2/c16-12(22)9-26-15-18-17-14(27-15)20-7-5-19(6-8-20)13(23)10-1-3-11(4-2-10)21(24)25/h1-4H,5-9H2,(H2,16,22). The number of nitrogens with two attached hydrogens (primary N) is 1. The Balaban J connectivity index is 1.56. The summed E-state index contributed by atoms with van der Waals surface area (Å²) < 4.78 is 0.674. The predicted octanol–water partition coefficient (Wildman–Crippen LogP) is 0.986. The first-order chi connectivity index (χ1) is 12.9. The minimum absolute atomic E-state index is 0.0438. The van der Waals surface area contributed by atoms with Crippen molar-refractivity contribution in [2.24, 2.45) is 5.73 Å².